The molecule has 0 spiro atoms. The molecule has 0 saturated carbocycles. The fourth-order valence-corrected chi connectivity index (χ4v) is 2.95. The predicted molar refractivity (Wildman–Crippen MR) is 104 cm³/mol. The van der Waals surface area contributed by atoms with E-state index in [4.69, 9.17) is 23.2 Å². The lowest BCUT2D eigenvalue weighted by Crippen LogP contribution is -2.21. The molecule has 130 valence electrons. The summed E-state index contributed by atoms with van der Waals surface area (Å²) in [6.45, 7) is 1.64. The molecule has 0 unspecified atom stereocenters. The van der Waals surface area contributed by atoms with Gasteiger partial charge in [-0.1, -0.05) is 35.3 Å². The minimum atomic E-state index is -0.367. The first kappa shape index (κ1) is 19.4. The van der Waals surface area contributed by atoms with Crippen LogP contribution in [-0.4, -0.2) is 17.5 Å². The lowest BCUT2D eigenvalue weighted by atomic mass is 10.2. The highest BCUT2D eigenvalue weighted by Gasteiger charge is 2.10. The van der Waals surface area contributed by atoms with E-state index >= 15 is 0 Å². The highest BCUT2D eigenvalue weighted by Crippen LogP contribution is 2.22. The van der Waals surface area contributed by atoms with Crippen LogP contribution < -0.4 is 10.7 Å². The first-order valence-electron chi connectivity index (χ1n) is 7.19. The molecule has 25 heavy (non-hydrogen) atoms. The quantitative estimate of drug-likeness (QED) is 0.511. The molecular weight excluding hydrogens is 429 g/mol. The fourth-order valence-electron chi connectivity index (χ4n) is 1.95. The smallest absolute Gasteiger partial charge is 0.272 e. The molecule has 8 heteroatoms. The van der Waals surface area contributed by atoms with Gasteiger partial charge < -0.3 is 5.32 Å². The molecule has 5 nitrogen and oxygen atoms in total. The third-order valence-electron chi connectivity index (χ3n) is 3.03. The molecule has 0 aliphatic rings. The number of nitrogens with one attached hydrogen (secondary N) is 2. The maximum atomic E-state index is 12.0. The first-order valence-corrected chi connectivity index (χ1v) is 8.74. The van der Waals surface area contributed by atoms with E-state index in [2.05, 4.69) is 31.8 Å². The Hall–Kier alpha value is -1.89. The van der Waals surface area contributed by atoms with E-state index in [1.54, 1.807) is 43.3 Å². The average molecular weight is 443 g/mol. The standard InChI is InChI=1S/C17H14BrCl2N3O2/c1-10(22-23-17(25)14-4-2-3-5-15(14)18)6-16(24)21-13-8-11(19)7-12(20)9-13/h2-5,7-9H,6H2,1H3,(H,21,24)(H,23,25). The molecule has 2 aromatic carbocycles. The second kappa shape index (κ2) is 8.99. The fraction of sp³-hybridized carbons (Fsp3) is 0.118. The number of hydrazone groups is 1. The molecule has 2 N–H and O–H groups in total. The van der Waals surface area contributed by atoms with Crippen molar-refractivity contribution in [3.05, 3.63) is 62.5 Å². The summed E-state index contributed by atoms with van der Waals surface area (Å²) in [4.78, 5) is 24.1. The Labute approximate surface area is 163 Å². The van der Waals surface area contributed by atoms with Gasteiger partial charge in [-0.3, -0.25) is 9.59 Å². The first-order chi connectivity index (χ1) is 11.8. The summed E-state index contributed by atoms with van der Waals surface area (Å²) in [6, 6.07) is 11.7. The van der Waals surface area contributed by atoms with Crippen molar-refractivity contribution < 1.29 is 9.59 Å². The number of anilines is 1. The molecule has 0 fully saturated rings. The van der Waals surface area contributed by atoms with Gasteiger partial charge in [-0.25, -0.2) is 5.43 Å². The van der Waals surface area contributed by atoms with Crippen LogP contribution in [0.3, 0.4) is 0 Å². The number of carbonyl (C=O) groups excluding carboxylic acids is 2. The van der Waals surface area contributed by atoms with Crippen molar-refractivity contribution >= 4 is 62.3 Å². The Morgan fingerprint density at radius 1 is 1.12 bits per heavy atom. The van der Waals surface area contributed by atoms with Crippen molar-refractivity contribution in [2.24, 2.45) is 5.10 Å². The van der Waals surface area contributed by atoms with Gasteiger partial charge in [0.25, 0.3) is 5.91 Å². The van der Waals surface area contributed by atoms with E-state index in [-0.39, 0.29) is 18.2 Å². The third-order valence-corrected chi connectivity index (χ3v) is 4.16. The summed E-state index contributed by atoms with van der Waals surface area (Å²) in [5, 5.41) is 7.47. The topological polar surface area (TPSA) is 70.6 Å². The minimum Gasteiger partial charge on any atom is -0.326 e. The van der Waals surface area contributed by atoms with Gasteiger partial charge in [0.1, 0.15) is 0 Å². The van der Waals surface area contributed by atoms with Crippen LogP contribution in [0.25, 0.3) is 0 Å². The van der Waals surface area contributed by atoms with Crippen LogP contribution in [0.4, 0.5) is 5.69 Å². The van der Waals surface area contributed by atoms with Crippen molar-refractivity contribution in [3.63, 3.8) is 0 Å². The SMILES string of the molecule is CC(CC(=O)Nc1cc(Cl)cc(Cl)c1)=NNC(=O)c1ccccc1Br. The molecule has 0 saturated heterocycles. The maximum absolute atomic E-state index is 12.0. The molecule has 0 aromatic heterocycles. The summed E-state index contributed by atoms with van der Waals surface area (Å²) < 4.78 is 0.663. The van der Waals surface area contributed by atoms with E-state index < -0.39 is 0 Å². The molecule has 2 aromatic rings. The van der Waals surface area contributed by atoms with E-state index in [1.807, 2.05) is 6.07 Å². The van der Waals surface area contributed by atoms with Crippen LogP contribution in [0, 0.1) is 0 Å². The van der Waals surface area contributed by atoms with Crippen molar-refractivity contribution in [2.75, 3.05) is 5.32 Å². The Kier molecular flexibility index (Phi) is 6.99. The molecule has 0 aliphatic carbocycles. The van der Waals surface area contributed by atoms with E-state index in [9.17, 15) is 9.59 Å². The van der Waals surface area contributed by atoms with E-state index in [0.29, 0.717) is 31.5 Å². The van der Waals surface area contributed by atoms with Crippen molar-refractivity contribution in [1.82, 2.24) is 5.43 Å². The van der Waals surface area contributed by atoms with Crippen molar-refractivity contribution in [1.29, 1.82) is 0 Å². The maximum Gasteiger partial charge on any atom is 0.272 e. The molecule has 0 heterocycles. The molecular formula is C17H14BrCl2N3O2. The summed E-state index contributed by atoms with van der Waals surface area (Å²) >= 11 is 15.1. The van der Waals surface area contributed by atoms with Crippen LogP contribution in [0.2, 0.25) is 10.0 Å². The number of hydrogen-bond acceptors (Lipinski definition) is 3. The highest BCUT2D eigenvalue weighted by molar-refractivity contribution is 9.10. The number of benzene rings is 2. The van der Waals surface area contributed by atoms with Crippen LogP contribution in [0.1, 0.15) is 23.7 Å². The summed E-state index contributed by atoms with van der Waals surface area (Å²) in [5.74, 6) is -0.663. The molecule has 0 atom stereocenters. The summed E-state index contributed by atoms with van der Waals surface area (Å²) in [6.07, 6.45) is 0.0143. The van der Waals surface area contributed by atoms with E-state index in [1.165, 1.54) is 0 Å². The molecule has 2 rings (SSSR count). The second-order valence-corrected chi connectivity index (χ2v) is 6.88. The van der Waals surface area contributed by atoms with Gasteiger partial charge in [-0.05, 0) is 53.2 Å². The number of halogens is 3. The van der Waals surface area contributed by atoms with Crippen LogP contribution in [-0.2, 0) is 4.79 Å². The Bertz CT molecular complexity index is 820. The zero-order valence-electron chi connectivity index (χ0n) is 13.1. The lowest BCUT2D eigenvalue weighted by Gasteiger charge is -2.07. The zero-order valence-corrected chi connectivity index (χ0v) is 16.2. The van der Waals surface area contributed by atoms with Crippen LogP contribution >= 0.6 is 39.1 Å². The van der Waals surface area contributed by atoms with E-state index in [0.717, 1.165) is 0 Å². The van der Waals surface area contributed by atoms with Gasteiger partial charge in [0.05, 0.1) is 12.0 Å². The van der Waals surface area contributed by atoms with Crippen molar-refractivity contribution in [3.8, 4) is 0 Å². The highest BCUT2D eigenvalue weighted by atomic mass is 79.9. The van der Waals surface area contributed by atoms with Crippen LogP contribution in [0.15, 0.2) is 52.0 Å². The normalized spacial score (nSPS) is 11.1. The average Bonchev–Trinajstić information content (AvgIpc) is 2.51. The number of hydrogen-bond donors (Lipinski definition) is 2. The van der Waals surface area contributed by atoms with Crippen LogP contribution in [0.5, 0.6) is 0 Å². The molecule has 2 amide bonds. The van der Waals surface area contributed by atoms with Gasteiger partial charge in [0.15, 0.2) is 0 Å². The number of rotatable bonds is 5. The van der Waals surface area contributed by atoms with Gasteiger partial charge in [-0.15, -0.1) is 0 Å². The second-order valence-electron chi connectivity index (χ2n) is 5.15. The number of carbonyl (C=O) groups is 2. The predicted octanol–water partition coefficient (Wildman–Crippen LogP) is 4.89. The van der Waals surface area contributed by atoms with Gasteiger partial charge in [0.2, 0.25) is 5.91 Å². The minimum absolute atomic E-state index is 0.0143. The van der Waals surface area contributed by atoms with Crippen molar-refractivity contribution in [2.45, 2.75) is 13.3 Å². The largest absolute Gasteiger partial charge is 0.326 e. The third kappa shape index (κ3) is 6.16. The monoisotopic (exact) mass is 441 g/mol. The van der Waals surface area contributed by atoms with Gasteiger partial charge in [0, 0.05) is 25.9 Å². The Balaban J connectivity index is 1.93. The Morgan fingerprint density at radius 2 is 1.76 bits per heavy atom. The summed E-state index contributed by atoms with van der Waals surface area (Å²) in [5.41, 5.74) is 3.82. The lowest BCUT2D eigenvalue weighted by molar-refractivity contribution is -0.115. The molecule has 0 bridgehead atoms. The number of nitrogens with zero attached hydrogens (tertiary/aromatic N) is 1. The molecule has 0 aliphatic heterocycles. The zero-order chi connectivity index (χ0) is 18.4. The Morgan fingerprint density at radius 3 is 2.40 bits per heavy atom. The van der Waals surface area contributed by atoms with Gasteiger partial charge >= 0.3 is 0 Å². The molecule has 0 radical (unpaired) electrons. The van der Waals surface area contributed by atoms with Gasteiger partial charge in [-0.2, -0.15) is 5.10 Å². The number of amides is 2. The summed E-state index contributed by atoms with van der Waals surface area (Å²) in [7, 11) is 0.